The van der Waals surface area contributed by atoms with Gasteiger partial charge in [-0.15, -0.1) is 0 Å². The van der Waals surface area contributed by atoms with E-state index in [1.165, 1.54) is 21.5 Å². The third-order valence-electron chi connectivity index (χ3n) is 11.0. The van der Waals surface area contributed by atoms with Crippen LogP contribution in [-0.2, 0) is 0 Å². The van der Waals surface area contributed by atoms with Crippen molar-refractivity contribution < 1.29 is 8.83 Å². The molecule has 256 valence electrons. The van der Waals surface area contributed by atoms with E-state index >= 15 is 0 Å². The Kier molecular flexibility index (Phi) is 6.27. The number of furan rings is 2. The predicted molar refractivity (Wildman–Crippen MR) is 225 cm³/mol. The minimum atomic E-state index is 0.649. The van der Waals surface area contributed by atoms with Crippen LogP contribution in [0.1, 0.15) is 0 Å². The van der Waals surface area contributed by atoms with Gasteiger partial charge in [0.05, 0.1) is 11.0 Å². The number of aromatic nitrogens is 3. The van der Waals surface area contributed by atoms with Gasteiger partial charge in [-0.2, -0.15) is 0 Å². The first-order chi connectivity index (χ1) is 27.2. The Morgan fingerprint density at radius 2 is 1.07 bits per heavy atom. The number of para-hydroxylation sites is 2. The summed E-state index contributed by atoms with van der Waals surface area (Å²) in [5.41, 5.74) is 12.4. The molecule has 0 spiro atoms. The van der Waals surface area contributed by atoms with Crippen LogP contribution < -0.4 is 0 Å². The van der Waals surface area contributed by atoms with Crippen LogP contribution in [0.5, 0.6) is 0 Å². The summed E-state index contributed by atoms with van der Waals surface area (Å²) in [5, 5.41) is 8.08. The second-order valence-corrected chi connectivity index (χ2v) is 14.1. The fourth-order valence-electron chi connectivity index (χ4n) is 8.45. The van der Waals surface area contributed by atoms with Crippen LogP contribution in [-0.4, -0.2) is 14.5 Å². The van der Waals surface area contributed by atoms with Crippen molar-refractivity contribution in [2.45, 2.75) is 0 Å². The molecular formula is C50H29N3O2. The maximum atomic E-state index is 6.39. The van der Waals surface area contributed by atoms with Gasteiger partial charge < -0.3 is 13.4 Å². The molecule has 0 atom stereocenters. The van der Waals surface area contributed by atoms with E-state index < -0.39 is 0 Å². The highest BCUT2D eigenvalue weighted by Gasteiger charge is 2.20. The number of nitrogens with zero attached hydrogens (tertiary/aromatic N) is 3. The molecule has 4 heterocycles. The van der Waals surface area contributed by atoms with Gasteiger partial charge in [0, 0.05) is 43.7 Å². The first-order valence-electron chi connectivity index (χ1n) is 18.5. The highest BCUT2D eigenvalue weighted by Crippen LogP contribution is 2.41. The van der Waals surface area contributed by atoms with Crippen molar-refractivity contribution in [3.8, 4) is 39.5 Å². The molecule has 0 N–H and O–H groups in total. The fourth-order valence-corrected chi connectivity index (χ4v) is 8.45. The lowest BCUT2D eigenvalue weighted by Gasteiger charge is -2.11. The molecule has 12 aromatic rings. The Balaban J connectivity index is 1.08. The molecule has 0 radical (unpaired) electrons. The summed E-state index contributed by atoms with van der Waals surface area (Å²) in [6.45, 7) is 0. The highest BCUT2D eigenvalue weighted by molar-refractivity contribution is 6.22. The molecule has 0 bridgehead atoms. The normalized spacial score (nSPS) is 12.0. The molecule has 0 saturated heterocycles. The zero-order chi connectivity index (χ0) is 36.0. The molecule has 55 heavy (non-hydrogen) atoms. The third kappa shape index (κ3) is 4.53. The van der Waals surface area contributed by atoms with Crippen molar-refractivity contribution in [3.63, 3.8) is 0 Å². The van der Waals surface area contributed by atoms with E-state index in [1.54, 1.807) is 0 Å². The smallest absolute Gasteiger partial charge is 0.180 e. The molecule has 0 aliphatic heterocycles. The van der Waals surface area contributed by atoms with Crippen molar-refractivity contribution in [2.24, 2.45) is 0 Å². The molecular weight excluding hydrogens is 675 g/mol. The van der Waals surface area contributed by atoms with Gasteiger partial charge in [0.2, 0.25) is 0 Å². The zero-order valence-electron chi connectivity index (χ0n) is 29.4. The van der Waals surface area contributed by atoms with Gasteiger partial charge in [-0.3, -0.25) is 0 Å². The molecule has 0 unspecified atom stereocenters. The molecule has 5 heteroatoms. The largest absolute Gasteiger partial charge is 0.456 e. The number of hydrogen-bond donors (Lipinski definition) is 0. The van der Waals surface area contributed by atoms with Crippen LogP contribution in [0.3, 0.4) is 0 Å². The van der Waals surface area contributed by atoms with E-state index in [4.69, 9.17) is 18.8 Å². The van der Waals surface area contributed by atoms with Crippen LogP contribution in [0.2, 0.25) is 0 Å². The maximum Gasteiger partial charge on any atom is 0.180 e. The van der Waals surface area contributed by atoms with Crippen molar-refractivity contribution in [1.29, 1.82) is 0 Å². The Labute approximate surface area is 314 Å². The zero-order valence-corrected chi connectivity index (χ0v) is 29.4. The van der Waals surface area contributed by atoms with Crippen molar-refractivity contribution >= 4 is 76.6 Å². The van der Waals surface area contributed by atoms with Crippen LogP contribution in [0.25, 0.3) is 116 Å². The summed E-state index contributed by atoms with van der Waals surface area (Å²) >= 11 is 0. The second kappa shape index (κ2) is 11.5. The van der Waals surface area contributed by atoms with E-state index in [0.717, 1.165) is 83.1 Å². The SMILES string of the molecule is c1ccc(-c2nc(-c3cccc(-n4c5ccc(-c6ccc7oc8ccccc8c7c6)cc5c5c6ccccc6ccc54)c3)nc3c2oc2ccccc23)cc1. The quantitative estimate of drug-likeness (QED) is 0.183. The fraction of sp³-hybridized carbons (Fsp3) is 0. The van der Waals surface area contributed by atoms with Gasteiger partial charge in [-0.25, -0.2) is 9.97 Å². The van der Waals surface area contributed by atoms with Crippen LogP contribution >= 0.6 is 0 Å². The molecule has 12 rings (SSSR count). The Morgan fingerprint density at radius 1 is 0.400 bits per heavy atom. The van der Waals surface area contributed by atoms with Crippen LogP contribution in [0, 0.1) is 0 Å². The minimum Gasteiger partial charge on any atom is -0.456 e. The van der Waals surface area contributed by atoms with E-state index in [2.05, 4.69) is 132 Å². The van der Waals surface area contributed by atoms with Crippen molar-refractivity contribution in [3.05, 3.63) is 176 Å². The topological polar surface area (TPSA) is 57.0 Å². The lowest BCUT2D eigenvalue weighted by Crippen LogP contribution is -1.97. The molecule has 0 fully saturated rings. The summed E-state index contributed by atoms with van der Waals surface area (Å²) in [6, 6.07) is 61.6. The maximum absolute atomic E-state index is 6.39. The van der Waals surface area contributed by atoms with Crippen LogP contribution in [0.4, 0.5) is 0 Å². The Hall–Kier alpha value is -7.50. The van der Waals surface area contributed by atoms with Gasteiger partial charge in [0.1, 0.15) is 28.0 Å². The summed E-state index contributed by atoms with van der Waals surface area (Å²) < 4.78 is 14.9. The van der Waals surface area contributed by atoms with E-state index in [-0.39, 0.29) is 0 Å². The first-order valence-corrected chi connectivity index (χ1v) is 18.5. The summed E-state index contributed by atoms with van der Waals surface area (Å²) in [7, 11) is 0. The average molecular weight is 704 g/mol. The Morgan fingerprint density at radius 3 is 1.95 bits per heavy atom. The van der Waals surface area contributed by atoms with Gasteiger partial charge in [-0.05, 0) is 82.6 Å². The summed E-state index contributed by atoms with van der Waals surface area (Å²) in [6.07, 6.45) is 0. The molecule has 0 aliphatic carbocycles. The van der Waals surface area contributed by atoms with E-state index in [1.807, 2.05) is 48.5 Å². The average Bonchev–Trinajstić information content (AvgIpc) is 3.93. The van der Waals surface area contributed by atoms with Crippen molar-refractivity contribution in [1.82, 2.24) is 14.5 Å². The standard InChI is InChI=1S/C50H29N3O2/c1-2-12-31(13-3-1)47-49-48(38-18-7-9-20-44(38)55-49)52-50(51-47)34-14-10-15-35(27-34)53-41-24-22-32(29-40(41)46-36-16-5-4-11-30(36)21-25-42(46)53)33-23-26-45-39(28-33)37-17-6-8-19-43(37)54-45/h1-29H. The number of rotatable bonds is 4. The third-order valence-corrected chi connectivity index (χ3v) is 11.0. The molecule has 5 nitrogen and oxygen atoms in total. The van der Waals surface area contributed by atoms with E-state index in [0.29, 0.717) is 11.4 Å². The number of fused-ring (bicyclic) bond motifs is 11. The van der Waals surface area contributed by atoms with Crippen molar-refractivity contribution in [2.75, 3.05) is 0 Å². The second-order valence-electron chi connectivity index (χ2n) is 14.1. The summed E-state index contributed by atoms with van der Waals surface area (Å²) in [5.74, 6) is 0.649. The number of hydrogen-bond acceptors (Lipinski definition) is 4. The molecule has 0 amide bonds. The molecule has 4 aromatic heterocycles. The molecule has 8 aromatic carbocycles. The van der Waals surface area contributed by atoms with Gasteiger partial charge in [-0.1, -0.05) is 115 Å². The predicted octanol–water partition coefficient (Wildman–Crippen LogP) is 13.5. The molecule has 0 aliphatic rings. The Bertz CT molecular complexity index is 3500. The van der Waals surface area contributed by atoms with Gasteiger partial charge in [0.15, 0.2) is 11.4 Å². The first kappa shape index (κ1) is 30.0. The number of benzene rings is 8. The van der Waals surface area contributed by atoms with Gasteiger partial charge >= 0.3 is 0 Å². The van der Waals surface area contributed by atoms with Crippen LogP contribution in [0.15, 0.2) is 185 Å². The van der Waals surface area contributed by atoms with E-state index in [9.17, 15) is 0 Å². The highest BCUT2D eigenvalue weighted by atomic mass is 16.3. The van der Waals surface area contributed by atoms with Gasteiger partial charge in [0.25, 0.3) is 0 Å². The monoisotopic (exact) mass is 703 g/mol. The minimum absolute atomic E-state index is 0.649. The molecule has 0 saturated carbocycles. The lowest BCUT2D eigenvalue weighted by molar-refractivity contribution is 0.667. The summed E-state index contributed by atoms with van der Waals surface area (Å²) in [4.78, 5) is 10.4. The lowest BCUT2D eigenvalue weighted by atomic mass is 9.99.